The lowest BCUT2D eigenvalue weighted by Gasteiger charge is -2.13. The van der Waals surface area contributed by atoms with Gasteiger partial charge < -0.3 is 21.3 Å². The highest BCUT2D eigenvalue weighted by molar-refractivity contribution is 6.34. The van der Waals surface area contributed by atoms with Crippen molar-refractivity contribution in [3.63, 3.8) is 0 Å². The Balaban J connectivity index is 2.80. The van der Waals surface area contributed by atoms with Crippen LogP contribution in [0.3, 0.4) is 0 Å². The third kappa shape index (κ3) is 3.10. The van der Waals surface area contributed by atoms with Gasteiger partial charge in [-0.15, -0.1) is 0 Å². The molecule has 88 valence electrons. The van der Waals surface area contributed by atoms with E-state index in [1.54, 1.807) is 6.07 Å². The fraction of sp³-hybridized carbons (Fsp3) is 0.300. The van der Waals surface area contributed by atoms with E-state index in [2.05, 4.69) is 5.32 Å². The van der Waals surface area contributed by atoms with Crippen molar-refractivity contribution in [3.05, 3.63) is 28.8 Å². The molecule has 0 unspecified atom stereocenters. The first-order chi connectivity index (χ1) is 7.58. The first-order valence-electron chi connectivity index (χ1n) is 4.66. The molecule has 0 saturated carbocycles. The zero-order chi connectivity index (χ0) is 12.1. The number of hydrogen-bond acceptors (Lipinski definition) is 4. The summed E-state index contributed by atoms with van der Waals surface area (Å²) < 4.78 is 0. The van der Waals surface area contributed by atoms with Crippen LogP contribution < -0.4 is 11.1 Å². The van der Waals surface area contributed by atoms with Crippen LogP contribution in [0.5, 0.6) is 0 Å². The van der Waals surface area contributed by atoms with Gasteiger partial charge in [0.05, 0.1) is 29.8 Å². The molecular weight excluding hydrogens is 232 g/mol. The Morgan fingerprint density at radius 1 is 1.44 bits per heavy atom. The van der Waals surface area contributed by atoms with E-state index in [1.165, 1.54) is 12.1 Å². The van der Waals surface area contributed by atoms with Crippen LogP contribution in [-0.2, 0) is 0 Å². The monoisotopic (exact) mass is 244 g/mol. The van der Waals surface area contributed by atoms with Gasteiger partial charge in [-0.25, -0.2) is 0 Å². The molecule has 0 aromatic heterocycles. The first kappa shape index (κ1) is 12.8. The Morgan fingerprint density at radius 2 is 2.06 bits per heavy atom. The second-order valence-electron chi connectivity index (χ2n) is 3.27. The van der Waals surface area contributed by atoms with Gasteiger partial charge in [0.25, 0.3) is 5.91 Å². The number of carbonyl (C=O) groups excluding carboxylic acids is 1. The second-order valence-corrected chi connectivity index (χ2v) is 3.68. The van der Waals surface area contributed by atoms with Gasteiger partial charge in [0.15, 0.2) is 0 Å². The maximum Gasteiger partial charge on any atom is 0.253 e. The van der Waals surface area contributed by atoms with E-state index >= 15 is 0 Å². The maximum atomic E-state index is 11.6. The van der Waals surface area contributed by atoms with E-state index in [-0.39, 0.29) is 23.8 Å². The van der Waals surface area contributed by atoms with Gasteiger partial charge in [0.1, 0.15) is 0 Å². The van der Waals surface area contributed by atoms with E-state index in [4.69, 9.17) is 27.5 Å². The Morgan fingerprint density at radius 3 is 2.56 bits per heavy atom. The number of hydrogen-bond donors (Lipinski definition) is 4. The fourth-order valence-electron chi connectivity index (χ4n) is 1.13. The lowest BCUT2D eigenvalue weighted by atomic mass is 10.2. The molecule has 0 aliphatic carbocycles. The van der Waals surface area contributed by atoms with E-state index in [1.807, 2.05) is 0 Å². The smallest absolute Gasteiger partial charge is 0.253 e. The van der Waals surface area contributed by atoms with Crippen molar-refractivity contribution in [2.75, 3.05) is 18.9 Å². The van der Waals surface area contributed by atoms with Crippen molar-refractivity contribution >= 4 is 23.2 Å². The number of nitrogens with one attached hydrogen (secondary N) is 1. The summed E-state index contributed by atoms with van der Waals surface area (Å²) >= 11 is 5.83. The Labute approximate surface area is 97.8 Å². The molecule has 5 nitrogen and oxygen atoms in total. The molecule has 0 fully saturated rings. The van der Waals surface area contributed by atoms with Crippen molar-refractivity contribution in [1.82, 2.24) is 5.32 Å². The highest BCUT2D eigenvalue weighted by Gasteiger charge is 2.14. The second kappa shape index (κ2) is 5.69. The number of aliphatic hydroxyl groups excluding tert-OH is 2. The topological polar surface area (TPSA) is 95.6 Å². The average Bonchev–Trinajstić information content (AvgIpc) is 2.25. The zero-order valence-electron chi connectivity index (χ0n) is 8.48. The molecule has 6 heteroatoms. The molecule has 1 aromatic carbocycles. The largest absolute Gasteiger partial charge is 0.399 e. The summed E-state index contributed by atoms with van der Waals surface area (Å²) in [6.45, 7) is -0.677. The summed E-state index contributed by atoms with van der Waals surface area (Å²) in [4.78, 5) is 11.6. The molecule has 16 heavy (non-hydrogen) atoms. The van der Waals surface area contributed by atoms with Crippen LogP contribution in [-0.4, -0.2) is 35.4 Å². The summed E-state index contributed by atoms with van der Waals surface area (Å²) in [7, 11) is 0. The zero-order valence-corrected chi connectivity index (χ0v) is 9.24. The van der Waals surface area contributed by atoms with Crippen molar-refractivity contribution in [1.29, 1.82) is 0 Å². The molecule has 5 N–H and O–H groups in total. The van der Waals surface area contributed by atoms with Gasteiger partial charge in [-0.05, 0) is 18.2 Å². The van der Waals surface area contributed by atoms with Gasteiger partial charge in [-0.3, -0.25) is 4.79 Å². The molecule has 0 heterocycles. The van der Waals surface area contributed by atoms with Crippen LogP contribution in [0.1, 0.15) is 10.4 Å². The minimum Gasteiger partial charge on any atom is -0.399 e. The molecule has 0 atom stereocenters. The van der Waals surface area contributed by atoms with Crippen LogP contribution >= 0.6 is 11.6 Å². The number of anilines is 1. The van der Waals surface area contributed by atoms with Crippen molar-refractivity contribution < 1.29 is 15.0 Å². The number of nitrogen functional groups attached to an aromatic ring is 1. The highest BCUT2D eigenvalue weighted by Crippen LogP contribution is 2.18. The van der Waals surface area contributed by atoms with Gasteiger partial charge in [0, 0.05) is 5.69 Å². The SMILES string of the molecule is Nc1ccc(C(=O)NC(CO)CO)c(Cl)c1. The number of halogens is 1. The van der Waals surface area contributed by atoms with E-state index in [0.717, 1.165) is 0 Å². The lowest BCUT2D eigenvalue weighted by Crippen LogP contribution is -2.40. The predicted molar refractivity (Wildman–Crippen MR) is 61.3 cm³/mol. The summed E-state index contributed by atoms with van der Waals surface area (Å²) in [6, 6.07) is 3.80. The number of rotatable bonds is 4. The van der Waals surface area contributed by atoms with Crippen LogP contribution in [0.4, 0.5) is 5.69 Å². The summed E-state index contributed by atoms with van der Waals surface area (Å²) in [5, 5.41) is 20.3. The number of carbonyl (C=O) groups is 1. The van der Waals surface area contributed by atoms with Gasteiger partial charge in [-0.2, -0.15) is 0 Å². The Hall–Kier alpha value is -1.30. The molecule has 1 aromatic rings. The van der Waals surface area contributed by atoms with Crippen LogP contribution in [0.15, 0.2) is 18.2 Å². The normalized spacial score (nSPS) is 10.5. The van der Waals surface area contributed by atoms with E-state index in [9.17, 15) is 4.79 Å². The van der Waals surface area contributed by atoms with E-state index < -0.39 is 11.9 Å². The van der Waals surface area contributed by atoms with Gasteiger partial charge in [0.2, 0.25) is 0 Å². The first-order valence-corrected chi connectivity index (χ1v) is 5.04. The fourth-order valence-corrected chi connectivity index (χ4v) is 1.40. The summed E-state index contributed by atoms with van der Waals surface area (Å²) in [6.07, 6.45) is 0. The third-order valence-corrected chi connectivity index (χ3v) is 2.33. The number of benzene rings is 1. The standard InChI is InChI=1S/C10H13ClN2O3/c11-9-3-6(12)1-2-8(9)10(16)13-7(4-14)5-15/h1-3,7,14-15H,4-5,12H2,(H,13,16). The maximum absolute atomic E-state index is 11.6. The van der Waals surface area contributed by atoms with Crippen LogP contribution in [0, 0.1) is 0 Å². The van der Waals surface area contributed by atoms with Gasteiger partial charge >= 0.3 is 0 Å². The van der Waals surface area contributed by atoms with Crippen LogP contribution in [0.25, 0.3) is 0 Å². The molecule has 1 amide bonds. The molecular formula is C10H13ClN2O3. The predicted octanol–water partition coefficient (Wildman–Crippen LogP) is 0.00520. The minimum atomic E-state index is -0.693. The average molecular weight is 245 g/mol. The number of aliphatic hydroxyl groups is 2. The van der Waals surface area contributed by atoms with Crippen molar-refractivity contribution in [3.8, 4) is 0 Å². The third-order valence-electron chi connectivity index (χ3n) is 2.01. The van der Waals surface area contributed by atoms with Crippen molar-refractivity contribution in [2.45, 2.75) is 6.04 Å². The molecule has 0 aliphatic heterocycles. The van der Waals surface area contributed by atoms with Crippen LogP contribution in [0.2, 0.25) is 5.02 Å². The molecule has 0 saturated heterocycles. The minimum absolute atomic E-state index is 0.229. The molecule has 0 aliphatic rings. The van der Waals surface area contributed by atoms with Gasteiger partial charge in [-0.1, -0.05) is 11.6 Å². The quantitative estimate of drug-likeness (QED) is 0.561. The molecule has 1 rings (SSSR count). The molecule has 0 bridgehead atoms. The van der Waals surface area contributed by atoms with E-state index in [0.29, 0.717) is 5.69 Å². The van der Waals surface area contributed by atoms with Crippen molar-refractivity contribution in [2.24, 2.45) is 0 Å². The lowest BCUT2D eigenvalue weighted by molar-refractivity contribution is 0.0879. The number of nitrogens with two attached hydrogens (primary N) is 1. The summed E-state index contributed by atoms with van der Waals surface area (Å²) in [5.74, 6) is -0.460. The molecule has 0 radical (unpaired) electrons. The molecule has 0 spiro atoms. The number of amides is 1. The Bertz CT molecular complexity index is 380. The highest BCUT2D eigenvalue weighted by atomic mass is 35.5. The summed E-state index contributed by atoms with van der Waals surface area (Å²) in [5.41, 5.74) is 6.20. The Kier molecular flexibility index (Phi) is 4.54.